The Kier molecular flexibility index (Phi) is 5.53. The summed E-state index contributed by atoms with van der Waals surface area (Å²) in [6, 6.07) is 12.3. The van der Waals surface area contributed by atoms with Crippen molar-refractivity contribution in [1.82, 2.24) is 0 Å². The van der Waals surface area contributed by atoms with Crippen molar-refractivity contribution in [3.05, 3.63) is 58.1 Å². The molecule has 0 bridgehead atoms. The molecule has 0 spiro atoms. The highest BCUT2D eigenvalue weighted by atomic mass is 79.9. The molecule has 1 saturated heterocycles. The number of Topliss-reactive ketones (excluding diaryl/α,β-unsaturated/α-hetero) is 1. The normalized spacial score (nSPS) is 17.5. The van der Waals surface area contributed by atoms with Crippen molar-refractivity contribution in [2.45, 2.75) is 32.0 Å². The molecule has 3 rings (SSSR count). The Morgan fingerprint density at radius 2 is 2.12 bits per heavy atom. The highest BCUT2D eigenvalue weighted by molar-refractivity contribution is 9.10. The highest BCUT2D eigenvalue weighted by Crippen LogP contribution is 2.27. The van der Waals surface area contributed by atoms with Crippen molar-refractivity contribution >= 4 is 21.7 Å². The lowest BCUT2D eigenvalue weighted by Gasteiger charge is -2.23. The van der Waals surface area contributed by atoms with E-state index < -0.39 is 0 Å². The van der Waals surface area contributed by atoms with Crippen LogP contribution in [0.3, 0.4) is 0 Å². The molecule has 5 heteroatoms. The number of hydrogen-bond donors (Lipinski definition) is 1. The SMILES string of the molecule is O=C(Cc1cccc(Br)c1)c1cc(OC2CCCCO2)ccc1O. The fraction of sp³-hybridized carbons (Fsp3) is 0.316. The van der Waals surface area contributed by atoms with Crippen molar-refractivity contribution in [3.8, 4) is 11.5 Å². The molecule has 0 aromatic heterocycles. The number of ether oxygens (including phenoxy) is 2. The van der Waals surface area contributed by atoms with Gasteiger partial charge in [0.05, 0.1) is 12.2 Å². The minimum absolute atomic E-state index is 0.0353. The molecule has 0 radical (unpaired) electrons. The molecule has 1 aliphatic heterocycles. The number of phenols is 1. The lowest BCUT2D eigenvalue weighted by atomic mass is 10.0. The Morgan fingerprint density at radius 1 is 1.25 bits per heavy atom. The number of phenolic OH excluding ortho intramolecular Hbond substituents is 1. The number of hydrogen-bond acceptors (Lipinski definition) is 4. The zero-order valence-electron chi connectivity index (χ0n) is 13.2. The summed E-state index contributed by atoms with van der Waals surface area (Å²) in [4.78, 5) is 12.5. The molecule has 0 amide bonds. The van der Waals surface area contributed by atoms with Crippen LogP contribution in [0.15, 0.2) is 46.9 Å². The van der Waals surface area contributed by atoms with Crippen molar-refractivity contribution in [2.24, 2.45) is 0 Å². The van der Waals surface area contributed by atoms with Crippen LogP contribution in [0.25, 0.3) is 0 Å². The van der Waals surface area contributed by atoms with E-state index in [2.05, 4.69) is 15.9 Å². The Bertz CT molecular complexity index is 723. The molecule has 2 aromatic rings. The highest BCUT2D eigenvalue weighted by Gasteiger charge is 2.18. The van der Waals surface area contributed by atoms with E-state index in [-0.39, 0.29) is 29.8 Å². The van der Waals surface area contributed by atoms with Gasteiger partial charge >= 0.3 is 0 Å². The third-order valence-electron chi connectivity index (χ3n) is 3.93. The Balaban J connectivity index is 1.74. The van der Waals surface area contributed by atoms with Gasteiger partial charge in [0.25, 0.3) is 0 Å². The summed E-state index contributed by atoms with van der Waals surface area (Å²) in [6.45, 7) is 0.692. The van der Waals surface area contributed by atoms with Crippen LogP contribution in [0.5, 0.6) is 11.5 Å². The van der Waals surface area contributed by atoms with E-state index in [0.717, 1.165) is 29.3 Å². The first-order valence-electron chi connectivity index (χ1n) is 8.01. The quantitative estimate of drug-likeness (QED) is 0.764. The van der Waals surface area contributed by atoms with Gasteiger partial charge in [-0.05, 0) is 48.7 Å². The van der Waals surface area contributed by atoms with Crippen molar-refractivity contribution in [1.29, 1.82) is 0 Å². The lowest BCUT2D eigenvalue weighted by Crippen LogP contribution is -2.25. The van der Waals surface area contributed by atoms with Gasteiger partial charge in [0, 0.05) is 17.3 Å². The maximum absolute atomic E-state index is 12.5. The fourth-order valence-electron chi connectivity index (χ4n) is 2.70. The molecule has 0 saturated carbocycles. The number of benzene rings is 2. The van der Waals surface area contributed by atoms with Crippen LogP contribution in [0.4, 0.5) is 0 Å². The third-order valence-corrected chi connectivity index (χ3v) is 4.42. The van der Waals surface area contributed by atoms with Gasteiger partial charge in [0.1, 0.15) is 11.5 Å². The van der Waals surface area contributed by atoms with E-state index in [1.165, 1.54) is 6.07 Å². The molecular formula is C19H19BrO4. The number of carbonyl (C=O) groups excluding carboxylic acids is 1. The van der Waals surface area contributed by atoms with Crippen LogP contribution < -0.4 is 4.74 Å². The molecule has 2 aromatic carbocycles. The average molecular weight is 391 g/mol. The minimum atomic E-state index is -0.281. The topological polar surface area (TPSA) is 55.8 Å². The number of rotatable bonds is 5. The standard InChI is InChI=1S/C19H19BrO4/c20-14-5-3-4-13(10-14)11-18(22)16-12-15(7-8-17(16)21)24-19-6-1-2-9-23-19/h3-5,7-8,10,12,19,21H,1-2,6,9,11H2. The van der Waals surface area contributed by atoms with E-state index >= 15 is 0 Å². The second-order valence-corrected chi connectivity index (χ2v) is 6.74. The molecule has 1 heterocycles. The maximum Gasteiger partial charge on any atom is 0.199 e. The van der Waals surface area contributed by atoms with Crippen LogP contribution in [0.1, 0.15) is 35.2 Å². The van der Waals surface area contributed by atoms with Gasteiger partial charge in [-0.1, -0.05) is 28.1 Å². The lowest BCUT2D eigenvalue weighted by molar-refractivity contribution is -0.105. The summed E-state index contributed by atoms with van der Waals surface area (Å²) in [6.07, 6.45) is 2.89. The summed E-state index contributed by atoms with van der Waals surface area (Å²) in [7, 11) is 0. The Labute approximate surface area is 149 Å². The smallest absolute Gasteiger partial charge is 0.199 e. The van der Waals surface area contributed by atoms with Gasteiger partial charge in [0.15, 0.2) is 12.1 Å². The zero-order valence-corrected chi connectivity index (χ0v) is 14.8. The minimum Gasteiger partial charge on any atom is -0.507 e. The Morgan fingerprint density at radius 3 is 2.88 bits per heavy atom. The molecule has 1 atom stereocenters. The second kappa shape index (κ2) is 7.81. The van der Waals surface area contributed by atoms with E-state index in [4.69, 9.17) is 9.47 Å². The summed E-state index contributed by atoms with van der Waals surface area (Å²) in [5, 5.41) is 10.0. The monoisotopic (exact) mass is 390 g/mol. The molecule has 1 aliphatic rings. The number of aromatic hydroxyl groups is 1. The first-order valence-corrected chi connectivity index (χ1v) is 8.80. The molecular weight excluding hydrogens is 372 g/mol. The fourth-order valence-corrected chi connectivity index (χ4v) is 3.14. The number of halogens is 1. The number of carbonyl (C=O) groups is 1. The Hall–Kier alpha value is -1.85. The van der Waals surface area contributed by atoms with Crippen LogP contribution in [-0.4, -0.2) is 23.8 Å². The molecule has 1 N–H and O–H groups in total. The van der Waals surface area contributed by atoms with Gasteiger partial charge in [-0.25, -0.2) is 0 Å². The van der Waals surface area contributed by atoms with Crippen LogP contribution in [0.2, 0.25) is 0 Å². The van der Waals surface area contributed by atoms with Gasteiger partial charge < -0.3 is 14.6 Å². The molecule has 1 fully saturated rings. The first kappa shape index (κ1) is 17.0. The molecule has 4 nitrogen and oxygen atoms in total. The van der Waals surface area contributed by atoms with Crippen LogP contribution in [0, 0.1) is 0 Å². The van der Waals surface area contributed by atoms with Gasteiger partial charge in [-0.3, -0.25) is 4.79 Å². The van der Waals surface area contributed by atoms with Crippen molar-refractivity contribution in [2.75, 3.05) is 6.61 Å². The van der Waals surface area contributed by atoms with Gasteiger partial charge in [-0.2, -0.15) is 0 Å². The predicted octanol–water partition coefficient (Wildman–Crippen LogP) is 4.49. The van der Waals surface area contributed by atoms with Crippen LogP contribution in [-0.2, 0) is 11.2 Å². The maximum atomic E-state index is 12.5. The second-order valence-electron chi connectivity index (χ2n) is 5.82. The zero-order chi connectivity index (χ0) is 16.9. The number of ketones is 1. The van der Waals surface area contributed by atoms with Crippen LogP contribution >= 0.6 is 15.9 Å². The van der Waals surface area contributed by atoms with Crippen molar-refractivity contribution in [3.63, 3.8) is 0 Å². The van der Waals surface area contributed by atoms with Gasteiger partial charge in [0.2, 0.25) is 0 Å². The molecule has 0 aliphatic carbocycles. The largest absolute Gasteiger partial charge is 0.507 e. The van der Waals surface area contributed by atoms with E-state index in [1.807, 2.05) is 24.3 Å². The molecule has 1 unspecified atom stereocenters. The van der Waals surface area contributed by atoms with Crippen molar-refractivity contribution < 1.29 is 19.4 Å². The average Bonchev–Trinajstić information content (AvgIpc) is 2.57. The van der Waals surface area contributed by atoms with E-state index in [0.29, 0.717) is 12.4 Å². The first-order chi connectivity index (χ1) is 11.6. The van der Waals surface area contributed by atoms with E-state index in [9.17, 15) is 9.90 Å². The third kappa shape index (κ3) is 4.36. The predicted molar refractivity (Wildman–Crippen MR) is 94.5 cm³/mol. The van der Waals surface area contributed by atoms with Gasteiger partial charge in [-0.15, -0.1) is 0 Å². The molecule has 24 heavy (non-hydrogen) atoms. The summed E-state index contributed by atoms with van der Waals surface area (Å²) in [5.41, 5.74) is 1.15. The summed E-state index contributed by atoms with van der Waals surface area (Å²) < 4.78 is 12.2. The summed E-state index contributed by atoms with van der Waals surface area (Å²) in [5.74, 6) is 0.352. The summed E-state index contributed by atoms with van der Waals surface area (Å²) >= 11 is 3.40. The van der Waals surface area contributed by atoms with E-state index in [1.54, 1.807) is 12.1 Å². The molecule has 126 valence electrons.